The smallest absolute Gasteiger partial charge is 0.251 e. The Kier molecular flexibility index (Phi) is 8.75. The van der Waals surface area contributed by atoms with E-state index in [0.29, 0.717) is 0 Å². The maximum atomic E-state index is 6.73. The highest BCUT2D eigenvalue weighted by molar-refractivity contribution is 6.74. The number of aryl methyl sites for hydroxylation is 1. The van der Waals surface area contributed by atoms with E-state index in [2.05, 4.69) is 52.0 Å². The van der Waals surface area contributed by atoms with Gasteiger partial charge in [0.05, 0.1) is 0 Å². The van der Waals surface area contributed by atoms with Crippen molar-refractivity contribution in [2.75, 3.05) is 0 Å². The molecule has 0 saturated heterocycles. The molecule has 21 heavy (non-hydrogen) atoms. The second-order valence-corrected chi connectivity index (χ2v) is 10.5. The summed E-state index contributed by atoms with van der Waals surface area (Å²) >= 11 is 0. The molecule has 1 aromatic carbocycles. The summed E-state index contributed by atoms with van der Waals surface area (Å²) in [7, 11) is -1.62. The Morgan fingerprint density at radius 1 is 0.857 bits per heavy atom. The van der Waals surface area contributed by atoms with Crippen LogP contribution in [0.15, 0.2) is 24.3 Å². The lowest BCUT2D eigenvalue weighted by Gasteiger charge is -2.32. The normalized spacial score (nSPS) is 11.6. The summed E-state index contributed by atoms with van der Waals surface area (Å²) in [5, 5.41) is 0. The zero-order valence-electron chi connectivity index (χ0n) is 14.6. The fraction of sp³-hybridized carbons (Fsp3) is 0.684. The van der Waals surface area contributed by atoms with Crippen molar-refractivity contribution in [2.24, 2.45) is 0 Å². The van der Waals surface area contributed by atoms with E-state index in [-0.39, 0.29) is 0 Å². The van der Waals surface area contributed by atoms with Gasteiger partial charge in [-0.1, -0.05) is 71.4 Å². The van der Waals surface area contributed by atoms with Crippen LogP contribution in [0.1, 0.15) is 64.9 Å². The summed E-state index contributed by atoms with van der Waals surface area (Å²) in [6, 6.07) is 12.6. The van der Waals surface area contributed by atoms with Crippen LogP contribution in [-0.4, -0.2) is 8.32 Å². The first-order chi connectivity index (χ1) is 10.2. The fourth-order valence-electron chi connectivity index (χ4n) is 2.95. The van der Waals surface area contributed by atoms with E-state index in [1.165, 1.54) is 62.2 Å². The SMILES string of the molecule is CCCC[Si](CCCC)(CCCC)Oc1cccc(C)c1. The van der Waals surface area contributed by atoms with Crippen molar-refractivity contribution >= 4 is 8.32 Å². The van der Waals surface area contributed by atoms with E-state index in [1.54, 1.807) is 0 Å². The molecule has 0 radical (unpaired) electrons. The minimum absolute atomic E-state index is 1.12. The van der Waals surface area contributed by atoms with Crippen molar-refractivity contribution in [3.05, 3.63) is 29.8 Å². The number of hydrogen-bond acceptors (Lipinski definition) is 1. The summed E-state index contributed by atoms with van der Waals surface area (Å²) in [6.45, 7) is 9.04. The van der Waals surface area contributed by atoms with E-state index in [1.807, 2.05) is 0 Å². The molecule has 1 nitrogen and oxygen atoms in total. The van der Waals surface area contributed by atoms with Crippen LogP contribution in [0, 0.1) is 6.92 Å². The molecule has 0 amide bonds. The average molecular weight is 307 g/mol. The molecule has 0 heterocycles. The molecule has 0 aromatic heterocycles. The summed E-state index contributed by atoms with van der Waals surface area (Å²) in [5.74, 6) is 1.12. The molecule has 0 bridgehead atoms. The molecule has 0 fully saturated rings. The summed E-state index contributed by atoms with van der Waals surface area (Å²) in [6.07, 6.45) is 7.82. The Morgan fingerprint density at radius 2 is 1.38 bits per heavy atom. The first-order valence-electron chi connectivity index (χ1n) is 8.91. The van der Waals surface area contributed by atoms with E-state index in [4.69, 9.17) is 4.43 Å². The predicted octanol–water partition coefficient (Wildman–Crippen LogP) is 6.72. The second kappa shape index (κ2) is 10.0. The summed E-state index contributed by atoms with van der Waals surface area (Å²) < 4.78 is 6.73. The van der Waals surface area contributed by atoms with Crippen molar-refractivity contribution in [3.8, 4) is 5.75 Å². The molecule has 0 aliphatic rings. The maximum Gasteiger partial charge on any atom is 0.251 e. The number of unbranched alkanes of at least 4 members (excludes halogenated alkanes) is 3. The highest BCUT2D eigenvalue weighted by Crippen LogP contribution is 2.31. The van der Waals surface area contributed by atoms with E-state index >= 15 is 0 Å². The van der Waals surface area contributed by atoms with Crippen molar-refractivity contribution in [1.29, 1.82) is 0 Å². The molecule has 0 spiro atoms. The molecular weight excluding hydrogens is 272 g/mol. The van der Waals surface area contributed by atoms with Crippen LogP contribution in [0.3, 0.4) is 0 Å². The molecule has 0 unspecified atom stereocenters. The highest BCUT2D eigenvalue weighted by atomic mass is 28.4. The van der Waals surface area contributed by atoms with Crippen LogP contribution in [0.4, 0.5) is 0 Å². The minimum atomic E-state index is -1.62. The first-order valence-corrected chi connectivity index (χ1v) is 11.4. The molecule has 2 heteroatoms. The number of benzene rings is 1. The zero-order chi connectivity index (χ0) is 15.6. The van der Waals surface area contributed by atoms with Gasteiger partial charge < -0.3 is 4.43 Å². The molecule has 0 N–H and O–H groups in total. The van der Waals surface area contributed by atoms with Crippen molar-refractivity contribution < 1.29 is 4.43 Å². The van der Waals surface area contributed by atoms with Crippen molar-refractivity contribution in [1.82, 2.24) is 0 Å². The molecule has 0 atom stereocenters. The molecule has 0 saturated carbocycles. The molecular formula is C19H34OSi. The van der Waals surface area contributed by atoms with Gasteiger partial charge in [-0.3, -0.25) is 0 Å². The topological polar surface area (TPSA) is 9.23 Å². The monoisotopic (exact) mass is 306 g/mol. The van der Waals surface area contributed by atoms with Gasteiger partial charge in [0.15, 0.2) is 0 Å². The summed E-state index contributed by atoms with van der Waals surface area (Å²) in [4.78, 5) is 0. The number of hydrogen-bond donors (Lipinski definition) is 0. The van der Waals surface area contributed by atoms with Crippen LogP contribution in [-0.2, 0) is 0 Å². The van der Waals surface area contributed by atoms with Crippen LogP contribution in [0.25, 0.3) is 0 Å². The van der Waals surface area contributed by atoms with Crippen LogP contribution < -0.4 is 4.43 Å². The van der Waals surface area contributed by atoms with Gasteiger partial charge in [0, 0.05) is 0 Å². The summed E-state index contributed by atoms with van der Waals surface area (Å²) in [5.41, 5.74) is 1.30. The second-order valence-electron chi connectivity index (χ2n) is 6.41. The van der Waals surface area contributed by atoms with Crippen LogP contribution in [0.5, 0.6) is 5.75 Å². The third-order valence-corrected chi connectivity index (χ3v) is 8.74. The van der Waals surface area contributed by atoms with Crippen molar-refractivity contribution in [2.45, 2.75) is 84.4 Å². The lowest BCUT2D eigenvalue weighted by atomic mass is 10.2. The minimum Gasteiger partial charge on any atom is -0.543 e. The van der Waals surface area contributed by atoms with Crippen LogP contribution in [0.2, 0.25) is 18.1 Å². The van der Waals surface area contributed by atoms with Gasteiger partial charge in [0.2, 0.25) is 0 Å². The Labute approximate surface area is 133 Å². The van der Waals surface area contributed by atoms with Crippen molar-refractivity contribution in [3.63, 3.8) is 0 Å². The van der Waals surface area contributed by atoms with Gasteiger partial charge in [-0.25, -0.2) is 0 Å². The molecule has 0 aliphatic carbocycles. The van der Waals surface area contributed by atoms with E-state index < -0.39 is 8.32 Å². The first kappa shape index (κ1) is 18.3. The largest absolute Gasteiger partial charge is 0.543 e. The van der Waals surface area contributed by atoms with Gasteiger partial charge in [0.25, 0.3) is 8.32 Å². The van der Waals surface area contributed by atoms with Gasteiger partial charge in [-0.2, -0.15) is 0 Å². The quantitative estimate of drug-likeness (QED) is 0.412. The maximum absolute atomic E-state index is 6.73. The standard InChI is InChI=1S/C19H34OSi/c1-5-8-14-21(15-9-6-2,16-10-7-3)20-19-13-11-12-18(4)17-19/h11-13,17H,5-10,14-16H2,1-4H3. The Morgan fingerprint density at radius 3 is 1.81 bits per heavy atom. The van der Waals surface area contributed by atoms with Gasteiger partial charge in [-0.05, 0) is 42.8 Å². The molecule has 120 valence electrons. The fourth-order valence-corrected chi connectivity index (χ4v) is 7.63. The molecule has 1 rings (SSSR count). The Bertz CT molecular complexity index is 367. The lowest BCUT2D eigenvalue weighted by Crippen LogP contribution is -2.41. The van der Waals surface area contributed by atoms with Gasteiger partial charge >= 0.3 is 0 Å². The van der Waals surface area contributed by atoms with Gasteiger partial charge in [-0.15, -0.1) is 0 Å². The number of rotatable bonds is 11. The Balaban J connectivity index is 2.88. The lowest BCUT2D eigenvalue weighted by molar-refractivity contribution is 0.510. The highest BCUT2D eigenvalue weighted by Gasteiger charge is 2.35. The average Bonchev–Trinajstić information content (AvgIpc) is 2.48. The zero-order valence-corrected chi connectivity index (χ0v) is 15.6. The molecule has 1 aromatic rings. The van der Waals surface area contributed by atoms with Gasteiger partial charge in [0.1, 0.15) is 5.75 Å². The third-order valence-electron chi connectivity index (χ3n) is 4.28. The predicted molar refractivity (Wildman–Crippen MR) is 96.7 cm³/mol. The van der Waals surface area contributed by atoms with E-state index in [9.17, 15) is 0 Å². The molecule has 0 aliphatic heterocycles. The Hall–Kier alpha value is -0.763. The van der Waals surface area contributed by atoms with Crippen LogP contribution >= 0.6 is 0 Å². The van der Waals surface area contributed by atoms with E-state index in [0.717, 1.165) is 5.75 Å². The third kappa shape index (κ3) is 6.69.